The molecular formula is C19H24N2O3. The van der Waals surface area contributed by atoms with E-state index in [-0.39, 0.29) is 12.6 Å². The maximum absolute atomic E-state index is 10.5. The van der Waals surface area contributed by atoms with Gasteiger partial charge in [0, 0.05) is 18.3 Å². The molecule has 0 aliphatic carbocycles. The average Bonchev–Trinajstić information content (AvgIpc) is 2.80. The lowest BCUT2D eigenvalue weighted by molar-refractivity contribution is 0.0178. The molecule has 2 heterocycles. The van der Waals surface area contributed by atoms with Gasteiger partial charge in [-0.2, -0.15) is 0 Å². The number of nitrogens with zero attached hydrogens (tertiary/aromatic N) is 2. The Hall–Kier alpha value is -1.79. The fraction of sp³-hybridized carbons (Fsp3) is 0.421. The molecular weight excluding hydrogens is 304 g/mol. The van der Waals surface area contributed by atoms with Crippen molar-refractivity contribution in [1.82, 2.24) is 9.88 Å². The summed E-state index contributed by atoms with van der Waals surface area (Å²) in [5.74, 6) is 0. The van der Waals surface area contributed by atoms with E-state index >= 15 is 0 Å². The minimum Gasteiger partial charge on any atom is -0.395 e. The Balaban J connectivity index is 1.85. The lowest BCUT2D eigenvalue weighted by Crippen LogP contribution is -2.42. The lowest BCUT2D eigenvalue weighted by atomic mass is 10.0. The molecule has 1 fully saturated rings. The summed E-state index contributed by atoms with van der Waals surface area (Å²) in [6, 6.07) is 14.9. The van der Waals surface area contributed by atoms with Crippen molar-refractivity contribution >= 4 is 0 Å². The quantitative estimate of drug-likeness (QED) is 0.760. The Labute approximate surface area is 142 Å². The number of aryl methyl sites for hydroxylation is 1. The van der Waals surface area contributed by atoms with E-state index < -0.39 is 18.2 Å². The zero-order chi connectivity index (χ0) is 17.1. The topological polar surface area (TPSA) is 76.8 Å². The number of likely N-dealkylation sites (tertiary alicyclic amines) is 1. The number of rotatable bonds is 5. The second-order valence-electron chi connectivity index (χ2n) is 6.43. The SMILES string of the molecule is Cc1cccc(CN2[C@H](CO)[C@@H](O)[C@@H](O)[C@@H]2Cc2ccccc2)n1. The van der Waals surface area contributed by atoms with Crippen LogP contribution in [0.4, 0.5) is 0 Å². The Bertz CT molecular complexity index is 665. The van der Waals surface area contributed by atoms with E-state index in [2.05, 4.69) is 4.98 Å². The van der Waals surface area contributed by atoms with Gasteiger partial charge in [-0.3, -0.25) is 9.88 Å². The number of hydrogen-bond donors (Lipinski definition) is 3. The number of benzene rings is 1. The van der Waals surface area contributed by atoms with Crippen LogP contribution < -0.4 is 0 Å². The van der Waals surface area contributed by atoms with Crippen LogP contribution in [0.5, 0.6) is 0 Å². The number of pyridine rings is 1. The van der Waals surface area contributed by atoms with Crippen LogP contribution in [0.1, 0.15) is 17.0 Å². The van der Waals surface area contributed by atoms with Gasteiger partial charge in [-0.25, -0.2) is 0 Å². The van der Waals surface area contributed by atoms with Crippen molar-refractivity contribution in [1.29, 1.82) is 0 Å². The summed E-state index contributed by atoms with van der Waals surface area (Å²) in [7, 11) is 0. The molecule has 0 saturated carbocycles. The zero-order valence-electron chi connectivity index (χ0n) is 13.8. The van der Waals surface area contributed by atoms with E-state index in [0.717, 1.165) is 17.0 Å². The van der Waals surface area contributed by atoms with Gasteiger partial charge in [-0.1, -0.05) is 36.4 Å². The molecule has 0 bridgehead atoms. The number of hydrogen-bond acceptors (Lipinski definition) is 5. The summed E-state index contributed by atoms with van der Waals surface area (Å²) in [6.07, 6.45) is -1.25. The van der Waals surface area contributed by atoms with E-state index in [9.17, 15) is 15.3 Å². The van der Waals surface area contributed by atoms with E-state index in [4.69, 9.17) is 0 Å². The summed E-state index contributed by atoms with van der Waals surface area (Å²) >= 11 is 0. The van der Waals surface area contributed by atoms with Crippen LogP contribution in [0.3, 0.4) is 0 Å². The normalized spacial score (nSPS) is 27.5. The fourth-order valence-electron chi connectivity index (χ4n) is 3.51. The Morgan fingerprint density at radius 3 is 2.33 bits per heavy atom. The van der Waals surface area contributed by atoms with Crippen LogP contribution in [-0.2, 0) is 13.0 Å². The molecule has 1 aliphatic heterocycles. The second kappa shape index (κ2) is 7.40. The van der Waals surface area contributed by atoms with Crippen LogP contribution in [-0.4, -0.2) is 56.1 Å². The molecule has 1 aliphatic rings. The van der Waals surface area contributed by atoms with Gasteiger partial charge in [0.05, 0.1) is 30.6 Å². The fourth-order valence-corrected chi connectivity index (χ4v) is 3.51. The third kappa shape index (κ3) is 3.49. The molecule has 3 N–H and O–H groups in total. The molecule has 4 atom stereocenters. The van der Waals surface area contributed by atoms with Crippen molar-refractivity contribution in [2.24, 2.45) is 0 Å². The first-order valence-electron chi connectivity index (χ1n) is 8.29. The highest BCUT2D eigenvalue weighted by Gasteiger charge is 2.47. The number of aromatic nitrogens is 1. The predicted molar refractivity (Wildman–Crippen MR) is 91.3 cm³/mol. The first kappa shape index (κ1) is 17.0. The maximum Gasteiger partial charge on any atom is 0.0991 e. The molecule has 3 rings (SSSR count). The highest BCUT2D eigenvalue weighted by Crippen LogP contribution is 2.29. The van der Waals surface area contributed by atoms with Crippen molar-refractivity contribution in [2.45, 2.75) is 44.2 Å². The highest BCUT2D eigenvalue weighted by molar-refractivity contribution is 5.19. The first-order valence-corrected chi connectivity index (χ1v) is 8.29. The van der Waals surface area contributed by atoms with Crippen LogP contribution in [0.25, 0.3) is 0 Å². The van der Waals surface area contributed by atoms with E-state index in [0.29, 0.717) is 13.0 Å². The van der Waals surface area contributed by atoms with Gasteiger partial charge >= 0.3 is 0 Å². The summed E-state index contributed by atoms with van der Waals surface area (Å²) in [4.78, 5) is 6.49. The molecule has 0 amide bonds. The largest absolute Gasteiger partial charge is 0.395 e. The van der Waals surface area contributed by atoms with E-state index in [1.807, 2.05) is 60.4 Å². The molecule has 5 heteroatoms. The van der Waals surface area contributed by atoms with Crippen LogP contribution in [0, 0.1) is 6.92 Å². The van der Waals surface area contributed by atoms with Gasteiger partial charge in [0.25, 0.3) is 0 Å². The van der Waals surface area contributed by atoms with Gasteiger partial charge in [-0.15, -0.1) is 0 Å². The van der Waals surface area contributed by atoms with Gasteiger partial charge in [0.2, 0.25) is 0 Å². The number of aliphatic hydroxyl groups is 3. The van der Waals surface area contributed by atoms with Crippen molar-refractivity contribution in [2.75, 3.05) is 6.61 Å². The third-order valence-electron chi connectivity index (χ3n) is 4.76. The standard InChI is InChI=1S/C19H24N2O3/c1-13-6-5-9-15(20-13)11-21-16(10-14-7-3-2-4-8-14)18(23)19(24)17(21)12-22/h2-9,16-19,22-24H,10-12H2,1H3/t16-,17+,18-,19+/m0/s1. The van der Waals surface area contributed by atoms with Crippen molar-refractivity contribution in [3.63, 3.8) is 0 Å². The van der Waals surface area contributed by atoms with Crippen molar-refractivity contribution in [3.8, 4) is 0 Å². The molecule has 5 nitrogen and oxygen atoms in total. The summed E-state index contributed by atoms with van der Waals surface area (Å²) in [5.41, 5.74) is 2.88. The van der Waals surface area contributed by atoms with Gasteiger partial charge in [0.1, 0.15) is 0 Å². The smallest absolute Gasteiger partial charge is 0.0991 e. The molecule has 24 heavy (non-hydrogen) atoms. The Kier molecular flexibility index (Phi) is 5.26. The highest BCUT2D eigenvalue weighted by atomic mass is 16.3. The third-order valence-corrected chi connectivity index (χ3v) is 4.76. The molecule has 1 saturated heterocycles. The molecule has 2 aromatic rings. The zero-order valence-corrected chi connectivity index (χ0v) is 13.8. The maximum atomic E-state index is 10.5. The second-order valence-corrected chi connectivity index (χ2v) is 6.43. The Morgan fingerprint density at radius 2 is 1.67 bits per heavy atom. The minimum atomic E-state index is -0.964. The van der Waals surface area contributed by atoms with Crippen LogP contribution >= 0.6 is 0 Å². The first-order chi connectivity index (χ1) is 11.6. The van der Waals surface area contributed by atoms with Crippen LogP contribution in [0.15, 0.2) is 48.5 Å². The van der Waals surface area contributed by atoms with Crippen molar-refractivity contribution < 1.29 is 15.3 Å². The molecule has 1 aromatic carbocycles. The van der Waals surface area contributed by atoms with Gasteiger partial charge < -0.3 is 15.3 Å². The van der Waals surface area contributed by atoms with Gasteiger partial charge in [-0.05, 0) is 31.0 Å². The molecule has 0 radical (unpaired) electrons. The summed E-state index contributed by atoms with van der Waals surface area (Å²) < 4.78 is 0. The summed E-state index contributed by atoms with van der Waals surface area (Å²) in [5, 5.41) is 30.5. The van der Waals surface area contributed by atoms with Crippen LogP contribution in [0.2, 0.25) is 0 Å². The molecule has 128 valence electrons. The molecule has 0 unspecified atom stereocenters. The lowest BCUT2D eigenvalue weighted by Gasteiger charge is -2.29. The van der Waals surface area contributed by atoms with E-state index in [1.165, 1.54) is 0 Å². The minimum absolute atomic E-state index is 0.199. The molecule has 0 spiro atoms. The number of aliphatic hydroxyl groups excluding tert-OH is 3. The monoisotopic (exact) mass is 328 g/mol. The predicted octanol–water partition coefficient (Wildman–Crippen LogP) is 0.900. The average molecular weight is 328 g/mol. The van der Waals surface area contributed by atoms with E-state index in [1.54, 1.807) is 0 Å². The molecule has 1 aromatic heterocycles. The van der Waals surface area contributed by atoms with Crippen molar-refractivity contribution in [3.05, 3.63) is 65.5 Å². The Morgan fingerprint density at radius 1 is 0.958 bits per heavy atom. The van der Waals surface area contributed by atoms with Gasteiger partial charge in [0.15, 0.2) is 0 Å². The summed E-state index contributed by atoms with van der Waals surface area (Å²) in [6.45, 7) is 2.22.